The lowest BCUT2D eigenvalue weighted by Crippen LogP contribution is -2.61. The van der Waals surface area contributed by atoms with Gasteiger partial charge in [-0.25, -0.2) is 14.4 Å². The predicted octanol–water partition coefficient (Wildman–Crippen LogP) is 3.47. The van der Waals surface area contributed by atoms with Crippen molar-refractivity contribution < 1.29 is 43.2 Å². The number of hydrogen-bond donors (Lipinski definition) is 1. The summed E-state index contributed by atoms with van der Waals surface area (Å²) in [4.78, 5) is 41.4. The molecule has 1 aromatic heterocycles. The highest BCUT2D eigenvalue weighted by Gasteiger charge is 2.58. The van der Waals surface area contributed by atoms with Crippen LogP contribution in [0.4, 0.5) is 0 Å². The monoisotopic (exact) mass is 515 g/mol. The van der Waals surface area contributed by atoms with Gasteiger partial charge in [-0.15, -0.1) is 0 Å². The Balaban J connectivity index is 1.96. The van der Waals surface area contributed by atoms with Crippen molar-refractivity contribution in [1.82, 2.24) is 4.98 Å². The Morgan fingerprint density at radius 2 is 1.59 bits per heavy atom. The van der Waals surface area contributed by atoms with Crippen LogP contribution in [0.1, 0.15) is 39.2 Å². The zero-order valence-electron chi connectivity index (χ0n) is 21.3. The van der Waals surface area contributed by atoms with E-state index in [1.807, 2.05) is 42.5 Å². The molecule has 1 atom stereocenters. The molecular weight excluding hydrogens is 482 g/mol. The van der Waals surface area contributed by atoms with Gasteiger partial charge in [0.2, 0.25) is 6.10 Å². The minimum Gasteiger partial charge on any atom is -0.464 e. The number of pyridine rings is 1. The first kappa shape index (κ1) is 29.5. The van der Waals surface area contributed by atoms with Gasteiger partial charge in [0.1, 0.15) is 11.5 Å². The smallest absolute Gasteiger partial charge is 0.353 e. The first-order valence-electron chi connectivity index (χ1n) is 12.1. The van der Waals surface area contributed by atoms with Gasteiger partial charge < -0.3 is 28.8 Å². The van der Waals surface area contributed by atoms with E-state index in [2.05, 4.69) is 4.98 Å². The van der Waals surface area contributed by atoms with Crippen LogP contribution < -0.4 is 4.74 Å². The van der Waals surface area contributed by atoms with Crippen molar-refractivity contribution in [2.24, 2.45) is 0 Å². The topological polar surface area (TPSA) is 130 Å². The van der Waals surface area contributed by atoms with Crippen LogP contribution >= 0.6 is 0 Å². The highest BCUT2D eigenvalue weighted by atomic mass is 16.6. The number of allylic oxidation sites excluding steroid dienone is 1. The molecule has 1 N–H and O–H groups in total. The second-order valence-electron chi connectivity index (χ2n) is 7.61. The number of carbonyl (C=O) groups is 3. The maximum Gasteiger partial charge on any atom is 0.353 e. The van der Waals surface area contributed by atoms with Crippen molar-refractivity contribution in [2.45, 2.75) is 45.3 Å². The number of benzene rings is 1. The molecule has 0 radical (unpaired) electrons. The molecule has 10 nitrogen and oxygen atoms in total. The standard InChI is InChI=1S/C27H33NO9/c1-4-33-24(29)23(27(32,25(30)34-5-2)26(31)35-6-3)36-18-9-7-8-11-20-13-15-21(16-14-20)37-22-12-10-17-28-19-22/h8,10-17,19,23,32H,4-7,9,18H2,1-3H3/b11-8+. The van der Waals surface area contributed by atoms with Crippen LogP contribution in [0.15, 0.2) is 54.9 Å². The highest BCUT2D eigenvalue weighted by Crippen LogP contribution is 2.22. The van der Waals surface area contributed by atoms with Crippen molar-refractivity contribution in [3.8, 4) is 11.5 Å². The van der Waals surface area contributed by atoms with E-state index in [4.69, 9.17) is 23.7 Å². The fourth-order valence-electron chi connectivity index (χ4n) is 3.17. The fourth-order valence-corrected chi connectivity index (χ4v) is 3.17. The van der Waals surface area contributed by atoms with Gasteiger partial charge in [-0.2, -0.15) is 0 Å². The van der Waals surface area contributed by atoms with Crippen LogP contribution in [-0.2, 0) is 33.3 Å². The summed E-state index contributed by atoms with van der Waals surface area (Å²) >= 11 is 0. The average Bonchev–Trinajstić information content (AvgIpc) is 2.89. The van der Waals surface area contributed by atoms with Gasteiger partial charge in [-0.1, -0.05) is 24.3 Å². The van der Waals surface area contributed by atoms with Crippen molar-refractivity contribution in [3.05, 3.63) is 60.4 Å². The number of aromatic nitrogens is 1. The SMILES string of the molecule is CCOC(=O)C(OCCC/C=C/c1ccc(Oc2cccnc2)cc1)C(O)(C(=O)OCC)C(=O)OCC. The molecule has 37 heavy (non-hydrogen) atoms. The van der Waals surface area contributed by atoms with E-state index in [0.29, 0.717) is 24.3 Å². The quantitative estimate of drug-likeness (QED) is 0.163. The van der Waals surface area contributed by atoms with E-state index in [9.17, 15) is 19.5 Å². The Kier molecular flexibility index (Phi) is 12.2. The third-order valence-corrected chi connectivity index (χ3v) is 4.91. The average molecular weight is 516 g/mol. The molecule has 0 bridgehead atoms. The van der Waals surface area contributed by atoms with Gasteiger partial charge in [-0.3, -0.25) is 4.98 Å². The van der Waals surface area contributed by atoms with Crippen molar-refractivity contribution >= 4 is 24.0 Å². The molecule has 0 aliphatic heterocycles. The molecule has 1 heterocycles. The molecule has 0 fully saturated rings. The number of aliphatic hydroxyl groups is 1. The second kappa shape index (κ2) is 15.4. The van der Waals surface area contributed by atoms with Crippen LogP contribution in [0.5, 0.6) is 11.5 Å². The molecule has 0 saturated heterocycles. The number of rotatable bonds is 15. The molecule has 0 spiro atoms. The third-order valence-electron chi connectivity index (χ3n) is 4.91. The number of hydrogen-bond acceptors (Lipinski definition) is 10. The van der Waals surface area contributed by atoms with E-state index in [1.165, 1.54) is 13.8 Å². The minimum absolute atomic E-state index is 0.0464. The summed E-state index contributed by atoms with van der Waals surface area (Å²) in [7, 11) is 0. The number of nitrogens with zero attached hydrogens (tertiary/aromatic N) is 1. The van der Waals surface area contributed by atoms with Gasteiger partial charge in [0.25, 0.3) is 5.60 Å². The van der Waals surface area contributed by atoms with E-state index in [-0.39, 0.29) is 26.4 Å². The summed E-state index contributed by atoms with van der Waals surface area (Å²) in [5.74, 6) is -2.44. The van der Waals surface area contributed by atoms with Crippen LogP contribution in [-0.4, -0.2) is 66.1 Å². The zero-order valence-corrected chi connectivity index (χ0v) is 21.3. The van der Waals surface area contributed by atoms with E-state index >= 15 is 0 Å². The number of esters is 3. The maximum atomic E-state index is 12.5. The molecule has 10 heteroatoms. The third kappa shape index (κ3) is 8.69. The molecule has 0 amide bonds. The number of ether oxygens (including phenoxy) is 5. The molecule has 1 unspecified atom stereocenters. The Hall–Kier alpha value is -3.76. The van der Waals surface area contributed by atoms with E-state index < -0.39 is 29.6 Å². The summed E-state index contributed by atoms with van der Waals surface area (Å²) in [5, 5.41) is 10.9. The molecule has 0 aliphatic carbocycles. The minimum atomic E-state index is -2.99. The summed E-state index contributed by atoms with van der Waals surface area (Å²) in [6.07, 6.45) is 6.15. The summed E-state index contributed by atoms with van der Waals surface area (Å²) < 4.78 is 25.8. The number of carbonyl (C=O) groups excluding carboxylic acids is 3. The maximum absolute atomic E-state index is 12.5. The van der Waals surface area contributed by atoms with Crippen LogP contribution in [0.3, 0.4) is 0 Å². The Labute approximate surface area is 216 Å². The zero-order chi connectivity index (χ0) is 27.1. The van der Waals surface area contributed by atoms with Crippen LogP contribution in [0, 0.1) is 0 Å². The molecule has 0 aliphatic rings. The highest BCUT2D eigenvalue weighted by molar-refractivity contribution is 6.08. The lowest BCUT2D eigenvalue weighted by molar-refractivity contribution is -0.208. The summed E-state index contributed by atoms with van der Waals surface area (Å²) in [6, 6.07) is 11.1. The molecule has 200 valence electrons. The predicted molar refractivity (Wildman–Crippen MR) is 134 cm³/mol. The second-order valence-corrected chi connectivity index (χ2v) is 7.61. The molecule has 0 saturated carbocycles. The van der Waals surface area contributed by atoms with Gasteiger partial charge in [-0.05, 0) is 63.4 Å². The largest absolute Gasteiger partial charge is 0.464 e. The first-order chi connectivity index (χ1) is 17.9. The van der Waals surface area contributed by atoms with Gasteiger partial charge >= 0.3 is 17.9 Å². The van der Waals surface area contributed by atoms with Gasteiger partial charge in [0.05, 0.1) is 26.0 Å². The fraction of sp³-hybridized carbons (Fsp3) is 0.407. The molecule has 1 aromatic carbocycles. The number of unbranched alkanes of at least 4 members (excludes halogenated alkanes) is 1. The molecular formula is C27H33NO9. The first-order valence-corrected chi connectivity index (χ1v) is 12.1. The van der Waals surface area contributed by atoms with Crippen molar-refractivity contribution in [1.29, 1.82) is 0 Å². The Bertz CT molecular complexity index is 1000. The molecule has 2 aromatic rings. The van der Waals surface area contributed by atoms with Gasteiger partial charge in [0.15, 0.2) is 0 Å². The van der Waals surface area contributed by atoms with E-state index in [0.717, 1.165) is 5.56 Å². The van der Waals surface area contributed by atoms with Gasteiger partial charge in [0, 0.05) is 12.8 Å². The summed E-state index contributed by atoms with van der Waals surface area (Å²) in [6.45, 7) is 4.19. The Morgan fingerprint density at radius 3 is 2.16 bits per heavy atom. The van der Waals surface area contributed by atoms with Crippen molar-refractivity contribution in [2.75, 3.05) is 26.4 Å². The lowest BCUT2D eigenvalue weighted by atomic mass is 9.96. The Morgan fingerprint density at radius 1 is 0.946 bits per heavy atom. The van der Waals surface area contributed by atoms with Crippen LogP contribution in [0.25, 0.3) is 6.08 Å². The van der Waals surface area contributed by atoms with Crippen molar-refractivity contribution in [3.63, 3.8) is 0 Å². The lowest BCUT2D eigenvalue weighted by Gasteiger charge is -2.30. The van der Waals surface area contributed by atoms with Crippen LogP contribution in [0.2, 0.25) is 0 Å². The van der Waals surface area contributed by atoms with E-state index in [1.54, 1.807) is 25.4 Å². The normalized spacial score (nSPS) is 12.1. The summed E-state index contributed by atoms with van der Waals surface area (Å²) in [5.41, 5.74) is -2.05. The molecule has 2 rings (SSSR count).